The van der Waals surface area contributed by atoms with E-state index in [-0.39, 0.29) is 52.6 Å². The molecule has 4 heterocycles. The highest BCUT2D eigenvalue weighted by Gasteiger charge is 2.86. The second-order valence-electron chi connectivity index (χ2n) is 25.4. The van der Waals surface area contributed by atoms with Crippen LogP contribution < -0.4 is 0 Å². The lowest BCUT2D eigenvalue weighted by atomic mass is 9.41. The van der Waals surface area contributed by atoms with Gasteiger partial charge in [0.05, 0.1) is 44.7 Å². The Labute approximate surface area is 438 Å². The molecule has 0 aromatic heterocycles. The predicted molar refractivity (Wildman–Crippen MR) is 258 cm³/mol. The smallest absolute Gasteiger partial charge is 0.187 e. The van der Waals surface area contributed by atoms with Gasteiger partial charge < -0.3 is 109 Å². The zero-order valence-electron chi connectivity index (χ0n) is 44.3. The predicted octanol–water partition coefficient (Wildman–Crippen LogP) is -1.95. The molecule has 2 spiro atoms. The van der Waals surface area contributed by atoms with Crippen molar-refractivity contribution in [3.05, 3.63) is 11.6 Å². The number of ether oxygens (including phenoxy) is 8. The maximum atomic E-state index is 12.9. The fourth-order valence-electron chi connectivity index (χ4n) is 17.0. The van der Waals surface area contributed by atoms with Crippen LogP contribution in [0.3, 0.4) is 0 Å². The van der Waals surface area contributed by atoms with E-state index in [2.05, 4.69) is 54.5 Å². The number of allylic oxidation sites excluding steroid dienone is 2. The molecule has 30 unspecified atom stereocenters. The topological polar surface area (TPSA) is 357 Å². The van der Waals surface area contributed by atoms with E-state index >= 15 is 0 Å². The molecule has 0 aromatic carbocycles. The van der Waals surface area contributed by atoms with E-state index in [1.54, 1.807) is 0 Å². The monoisotopic (exact) mass is 1080 g/mol. The zero-order valence-corrected chi connectivity index (χ0v) is 44.3. The van der Waals surface area contributed by atoms with Gasteiger partial charge in [-0.2, -0.15) is 0 Å². The molecule has 5 saturated carbocycles. The van der Waals surface area contributed by atoms with Crippen molar-refractivity contribution < 1.29 is 109 Å². The lowest BCUT2D eigenvalue weighted by molar-refractivity contribution is -0.392. The van der Waals surface area contributed by atoms with E-state index < -0.39 is 160 Å². The van der Waals surface area contributed by atoms with Crippen LogP contribution in [0.1, 0.15) is 106 Å². The number of fused-ring (bicyclic) bond motifs is 2. The van der Waals surface area contributed by atoms with E-state index in [1.807, 2.05) is 0 Å². The van der Waals surface area contributed by atoms with Gasteiger partial charge in [-0.1, -0.05) is 46.3 Å². The summed E-state index contributed by atoms with van der Waals surface area (Å²) >= 11 is 0. The van der Waals surface area contributed by atoms with Crippen LogP contribution in [0.4, 0.5) is 0 Å². The maximum Gasteiger partial charge on any atom is 0.187 e. The van der Waals surface area contributed by atoms with Gasteiger partial charge in [0.15, 0.2) is 25.2 Å². The van der Waals surface area contributed by atoms with Gasteiger partial charge in [0.25, 0.3) is 0 Å². The summed E-state index contributed by atoms with van der Waals surface area (Å²) in [6, 6.07) is 0. The van der Waals surface area contributed by atoms with Crippen molar-refractivity contribution in [1.29, 1.82) is 0 Å². The lowest BCUT2D eigenvalue weighted by Gasteiger charge is -2.64. The van der Waals surface area contributed by atoms with Gasteiger partial charge in [-0.3, -0.25) is 0 Å². The molecule has 0 aromatic rings. The first-order valence-electron chi connectivity index (χ1n) is 27.4. The molecule has 0 radical (unpaired) electrons. The van der Waals surface area contributed by atoms with Crippen molar-refractivity contribution in [2.75, 3.05) is 26.4 Å². The first-order chi connectivity index (χ1) is 35.3. The van der Waals surface area contributed by atoms with Gasteiger partial charge in [0, 0.05) is 5.41 Å². The fourth-order valence-corrected chi connectivity index (χ4v) is 17.0. The Morgan fingerprint density at radius 1 is 0.587 bits per heavy atom. The second kappa shape index (κ2) is 21.6. The highest BCUT2D eigenvalue weighted by molar-refractivity contribution is 5.34. The second-order valence-corrected chi connectivity index (χ2v) is 25.4. The lowest BCUT2D eigenvalue weighted by Crippen LogP contribution is -2.67. The standard InChI is InChI=1S/C53H88O22/c1-22(2)9-8-10-23(3)33-25(69-45-40(65)34(59)24(57)20-68-45)15-50(6)30-12-11-29-49(4,5)32(13-14-52(29)21-53(30,52)31(58)16-51(33,50)7)73-47-42(67)43(37(62)28(19-56)71-47)74-48-44(39(64)36(61)27(18-55)72-48)75-46-41(66)38(63)35(60)26(17-54)70-46/h9,23-48,54-67H,8,10-21H2,1-7H3. The molecule has 9 fully saturated rings. The van der Waals surface area contributed by atoms with E-state index in [1.165, 1.54) is 5.57 Å². The Bertz CT molecular complexity index is 1990. The minimum atomic E-state index is -1.94. The van der Waals surface area contributed by atoms with Crippen LogP contribution in [-0.4, -0.2) is 233 Å². The number of aliphatic hydroxyl groups excluding tert-OH is 14. The van der Waals surface area contributed by atoms with Gasteiger partial charge in [-0.25, -0.2) is 0 Å². The molecule has 14 N–H and O–H groups in total. The van der Waals surface area contributed by atoms with Crippen LogP contribution in [0.2, 0.25) is 0 Å². The minimum Gasteiger partial charge on any atom is -0.394 e. The third-order valence-electron chi connectivity index (χ3n) is 21.0. The summed E-state index contributed by atoms with van der Waals surface area (Å²) in [5, 5.41) is 153. The van der Waals surface area contributed by atoms with Crippen LogP contribution in [0.25, 0.3) is 0 Å². The largest absolute Gasteiger partial charge is 0.394 e. The van der Waals surface area contributed by atoms with E-state index in [0.29, 0.717) is 25.7 Å². The van der Waals surface area contributed by atoms with Crippen LogP contribution in [0.5, 0.6) is 0 Å². The molecule has 0 amide bonds. The first-order valence-corrected chi connectivity index (χ1v) is 27.4. The Balaban J connectivity index is 0.938. The first kappa shape index (κ1) is 58.5. The summed E-state index contributed by atoms with van der Waals surface area (Å²) < 4.78 is 48.8. The van der Waals surface area contributed by atoms with E-state index in [9.17, 15) is 71.5 Å². The molecule has 4 saturated heterocycles. The van der Waals surface area contributed by atoms with Gasteiger partial charge in [-0.05, 0) is 117 Å². The molecule has 75 heavy (non-hydrogen) atoms. The molecule has 432 valence electrons. The van der Waals surface area contributed by atoms with E-state index in [0.717, 1.165) is 32.1 Å². The van der Waals surface area contributed by atoms with Crippen molar-refractivity contribution in [1.82, 2.24) is 0 Å². The molecular formula is C53H88O22. The quantitative estimate of drug-likeness (QED) is 0.0626. The highest BCUT2D eigenvalue weighted by atomic mass is 16.8. The van der Waals surface area contributed by atoms with Gasteiger partial charge in [0.2, 0.25) is 0 Å². The normalized spacial score (nSPS) is 54.7. The molecule has 22 heteroatoms. The Morgan fingerprint density at radius 2 is 1.16 bits per heavy atom. The zero-order chi connectivity index (χ0) is 54.6. The third-order valence-corrected chi connectivity index (χ3v) is 21.0. The summed E-state index contributed by atoms with van der Waals surface area (Å²) in [5.74, 6) is 0.308. The molecule has 4 aliphatic heterocycles. The molecule has 5 aliphatic carbocycles. The summed E-state index contributed by atoms with van der Waals surface area (Å²) in [4.78, 5) is 0. The van der Waals surface area contributed by atoms with Crippen molar-refractivity contribution >= 4 is 0 Å². The molecule has 0 bridgehead atoms. The Morgan fingerprint density at radius 3 is 1.80 bits per heavy atom. The fraction of sp³-hybridized carbons (Fsp3) is 0.962. The molecule has 9 rings (SSSR count). The highest BCUT2D eigenvalue weighted by Crippen LogP contribution is 2.89. The Hall–Kier alpha value is -1.14. The molecule has 22 nitrogen and oxygen atoms in total. The van der Waals surface area contributed by atoms with Crippen molar-refractivity contribution in [3.63, 3.8) is 0 Å². The summed E-state index contributed by atoms with van der Waals surface area (Å²) in [6.07, 6.45) is -23.7. The number of hydrogen-bond donors (Lipinski definition) is 14. The SMILES string of the molecule is CC(C)=CCCC(C)C1C(OC2OCC(O)C(O)C2O)CC2(C)C3CCC4C(C)(C)C(OC5OC(CO)C(O)C(OC6OC(CO)C(O)C(O)C6OC6OC(CO)C(O)C(O)C6O)C5O)CCC45CC35C(O)CC12C. The van der Waals surface area contributed by atoms with Crippen LogP contribution >= 0.6 is 0 Å². The summed E-state index contributed by atoms with van der Waals surface area (Å²) in [7, 11) is 0. The molecular weight excluding hydrogens is 989 g/mol. The minimum absolute atomic E-state index is 0.0258. The van der Waals surface area contributed by atoms with Crippen LogP contribution in [0, 0.1) is 50.7 Å². The van der Waals surface area contributed by atoms with Gasteiger partial charge >= 0.3 is 0 Å². The van der Waals surface area contributed by atoms with Crippen LogP contribution in [-0.2, 0) is 37.9 Å². The molecule has 30 atom stereocenters. The summed E-state index contributed by atoms with van der Waals surface area (Å²) in [6.45, 7) is 12.8. The van der Waals surface area contributed by atoms with Gasteiger partial charge in [-0.15, -0.1) is 0 Å². The average molecular weight is 1080 g/mol. The number of aliphatic hydroxyl groups is 14. The molecule has 9 aliphatic rings. The summed E-state index contributed by atoms with van der Waals surface area (Å²) in [5.41, 5.74) is -0.696. The van der Waals surface area contributed by atoms with Gasteiger partial charge in [0.1, 0.15) is 91.6 Å². The van der Waals surface area contributed by atoms with Crippen LogP contribution in [0.15, 0.2) is 11.6 Å². The Kier molecular flexibility index (Phi) is 16.9. The third kappa shape index (κ3) is 9.44. The van der Waals surface area contributed by atoms with Crippen molar-refractivity contribution in [2.24, 2.45) is 50.7 Å². The average Bonchev–Trinajstić information content (AvgIpc) is 4.12. The van der Waals surface area contributed by atoms with Crippen molar-refractivity contribution in [3.8, 4) is 0 Å². The number of hydrogen-bond acceptors (Lipinski definition) is 22. The van der Waals surface area contributed by atoms with Crippen molar-refractivity contribution in [2.45, 2.75) is 241 Å². The van der Waals surface area contributed by atoms with E-state index in [4.69, 9.17) is 37.9 Å². The maximum absolute atomic E-state index is 12.9. The number of rotatable bonds is 15.